The number of aliphatic hydroxyl groups is 1. The van der Waals surface area contributed by atoms with Crippen molar-refractivity contribution in [2.75, 3.05) is 18.2 Å². The number of nitrogens with zero attached hydrogens (tertiary/aromatic N) is 1. The zero-order valence-electron chi connectivity index (χ0n) is 15.8. The van der Waals surface area contributed by atoms with Crippen LogP contribution >= 0.6 is 0 Å². The Hall–Kier alpha value is -2.81. The van der Waals surface area contributed by atoms with Crippen LogP contribution in [0.1, 0.15) is 29.5 Å². The second-order valence-corrected chi connectivity index (χ2v) is 7.33. The molecule has 2 aliphatic heterocycles. The summed E-state index contributed by atoms with van der Waals surface area (Å²) in [4.78, 5) is 14.5. The van der Waals surface area contributed by atoms with Gasteiger partial charge in [-0.25, -0.2) is 0 Å². The summed E-state index contributed by atoms with van der Waals surface area (Å²) in [5, 5.41) is 9.35. The Morgan fingerprint density at radius 2 is 1.80 bits per heavy atom. The molecule has 0 aromatic heterocycles. The van der Waals surface area contributed by atoms with E-state index in [1.807, 2.05) is 0 Å². The number of alkyl halides is 4. The minimum absolute atomic E-state index is 0.0629. The molecule has 0 bridgehead atoms. The van der Waals surface area contributed by atoms with E-state index >= 15 is 0 Å². The van der Waals surface area contributed by atoms with Crippen molar-refractivity contribution in [1.82, 2.24) is 0 Å². The van der Waals surface area contributed by atoms with Gasteiger partial charge in [-0.15, -0.1) is 0 Å². The Bertz CT molecular complexity index is 974. The largest absolute Gasteiger partial charge is 0.454 e. The lowest BCUT2D eigenvalue weighted by Crippen LogP contribution is -2.38. The minimum Gasteiger partial charge on any atom is -0.454 e. The Morgan fingerprint density at radius 3 is 2.57 bits per heavy atom. The third-order valence-corrected chi connectivity index (χ3v) is 5.30. The van der Waals surface area contributed by atoms with Crippen LogP contribution in [-0.2, 0) is 23.5 Å². The molecule has 4 rings (SSSR count). The molecule has 160 valence electrons. The van der Waals surface area contributed by atoms with Gasteiger partial charge in [-0.05, 0) is 54.7 Å². The van der Waals surface area contributed by atoms with Gasteiger partial charge < -0.3 is 19.5 Å². The van der Waals surface area contributed by atoms with E-state index in [1.54, 1.807) is 18.2 Å². The topological polar surface area (TPSA) is 59.0 Å². The van der Waals surface area contributed by atoms with Crippen LogP contribution in [0.15, 0.2) is 36.4 Å². The number of hydrogen-bond donors (Lipinski definition) is 1. The fraction of sp³-hybridized carbons (Fsp3) is 0.381. The van der Waals surface area contributed by atoms with E-state index in [1.165, 1.54) is 11.0 Å². The predicted octanol–water partition coefficient (Wildman–Crippen LogP) is 4.00. The van der Waals surface area contributed by atoms with Gasteiger partial charge in [0.25, 0.3) is 0 Å². The van der Waals surface area contributed by atoms with Gasteiger partial charge in [0.1, 0.15) is 0 Å². The Labute approximate surface area is 169 Å². The number of anilines is 1. The van der Waals surface area contributed by atoms with E-state index in [2.05, 4.69) is 0 Å². The SMILES string of the molecule is O=C(Cc1ccc2c(c1)OCO2)N1CCCCc2cc(C(O)(F)C(F)(F)F)ccc21. The number of aryl methyl sites for hydroxylation is 1. The number of hydrogen-bond acceptors (Lipinski definition) is 4. The van der Waals surface area contributed by atoms with E-state index in [9.17, 15) is 27.5 Å². The van der Waals surface area contributed by atoms with Crippen molar-refractivity contribution in [1.29, 1.82) is 0 Å². The molecular formula is C21H19F4NO4. The van der Waals surface area contributed by atoms with Gasteiger partial charge in [0.15, 0.2) is 11.5 Å². The number of rotatable bonds is 3. The van der Waals surface area contributed by atoms with Crippen molar-refractivity contribution < 1.29 is 36.9 Å². The highest BCUT2D eigenvalue weighted by atomic mass is 19.4. The molecule has 2 aromatic rings. The number of amides is 1. The molecule has 1 N–H and O–H groups in total. The van der Waals surface area contributed by atoms with Crippen LogP contribution < -0.4 is 14.4 Å². The molecule has 0 saturated carbocycles. The van der Waals surface area contributed by atoms with Crippen molar-refractivity contribution in [3.05, 3.63) is 53.1 Å². The van der Waals surface area contributed by atoms with Gasteiger partial charge in [0.2, 0.25) is 12.7 Å². The maximum absolute atomic E-state index is 14.0. The molecule has 30 heavy (non-hydrogen) atoms. The van der Waals surface area contributed by atoms with Crippen LogP contribution in [0.2, 0.25) is 0 Å². The number of carbonyl (C=O) groups is 1. The molecule has 0 saturated heterocycles. The average molecular weight is 425 g/mol. The summed E-state index contributed by atoms with van der Waals surface area (Å²) >= 11 is 0. The summed E-state index contributed by atoms with van der Waals surface area (Å²) < 4.78 is 63.1. The summed E-state index contributed by atoms with van der Waals surface area (Å²) in [5.74, 6) is -3.54. The lowest BCUT2D eigenvalue weighted by Gasteiger charge is -2.26. The smallest absolute Gasteiger partial charge is 0.453 e. The average Bonchev–Trinajstić information content (AvgIpc) is 3.04. The molecule has 9 heteroatoms. The maximum atomic E-state index is 14.0. The van der Waals surface area contributed by atoms with E-state index in [0.29, 0.717) is 54.1 Å². The van der Waals surface area contributed by atoms with Crippen LogP contribution in [0.3, 0.4) is 0 Å². The first-order valence-electron chi connectivity index (χ1n) is 9.47. The third kappa shape index (κ3) is 3.69. The van der Waals surface area contributed by atoms with Gasteiger partial charge in [-0.1, -0.05) is 12.1 Å². The van der Waals surface area contributed by atoms with Crippen LogP contribution in [-0.4, -0.2) is 30.5 Å². The molecule has 0 spiro atoms. The molecule has 0 fully saturated rings. The van der Waals surface area contributed by atoms with Gasteiger partial charge in [0.05, 0.1) is 6.42 Å². The predicted molar refractivity (Wildman–Crippen MR) is 99.1 cm³/mol. The molecular weight excluding hydrogens is 406 g/mol. The van der Waals surface area contributed by atoms with Gasteiger partial charge >= 0.3 is 12.0 Å². The van der Waals surface area contributed by atoms with Crippen LogP contribution in [0, 0.1) is 0 Å². The first-order chi connectivity index (χ1) is 14.2. The van der Waals surface area contributed by atoms with E-state index in [4.69, 9.17) is 9.47 Å². The summed E-state index contributed by atoms with van der Waals surface area (Å²) in [5.41, 5.74) is 0.644. The van der Waals surface area contributed by atoms with Crippen LogP contribution in [0.4, 0.5) is 23.2 Å². The van der Waals surface area contributed by atoms with Crippen molar-refractivity contribution in [3.63, 3.8) is 0 Å². The number of fused-ring (bicyclic) bond motifs is 2. The lowest BCUT2D eigenvalue weighted by molar-refractivity contribution is -0.323. The Kier molecular flexibility index (Phi) is 5.09. The van der Waals surface area contributed by atoms with E-state index in [-0.39, 0.29) is 19.1 Å². The van der Waals surface area contributed by atoms with Crippen molar-refractivity contribution in [2.45, 2.75) is 37.7 Å². The monoisotopic (exact) mass is 425 g/mol. The van der Waals surface area contributed by atoms with Crippen molar-refractivity contribution >= 4 is 11.6 Å². The van der Waals surface area contributed by atoms with Crippen molar-refractivity contribution in [3.8, 4) is 11.5 Å². The molecule has 0 aliphatic carbocycles. The summed E-state index contributed by atoms with van der Waals surface area (Å²) in [6.07, 6.45) is -3.74. The third-order valence-electron chi connectivity index (χ3n) is 5.30. The van der Waals surface area contributed by atoms with Gasteiger partial charge in [-0.2, -0.15) is 17.6 Å². The molecule has 2 aliphatic rings. The highest BCUT2D eigenvalue weighted by Gasteiger charge is 2.56. The summed E-state index contributed by atoms with van der Waals surface area (Å²) in [6, 6.07) is 8.32. The molecule has 1 amide bonds. The normalized spacial score (nSPS) is 17.8. The zero-order chi connectivity index (χ0) is 21.5. The Balaban J connectivity index is 1.60. The number of carbonyl (C=O) groups excluding carboxylic acids is 1. The Morgan fingerprint density at radius 1 is 1.03 bits per heavy atom. The number of halogens is 4. The van der Waals surface area contributed by atoms with Crippen LogP contribution in [0.5, 0.6) is 11.5 Å². The standard InChI is InChI=1S/C21H19F4NO4/c22-20(28,21(23,24)25)15-5-6-16-14(11-15)3-1-2-8-26(16)19(27)10-13-4-7-17-18(9-13)30-12-29-17/h4-7,9,11,28H,1-3,8,10,12H2. The molecule has 2 heterocycles. The van der Waals surface area contributed by atoms with E-state index in [0.717, 1.165) is 12.1 Å². The van der Waals surface area contributed by atoms with Gasteiger partial charge in [-0.3, -0.25) is 4.79 Å². The maximum Gasteiger partial charge on any atom is 0.453 e. The molecule has 1 atom stereocenters. The minimum atomic E-state index is -5.46. The first kappa shape index (κ1) is 20.5. The van der Waals surface area contributed by atoms with Crippen molar-refractivity contribution in [2.24, 2.45) is 0 Å². The molecule has 5 nitrogen and oxygen atoms in total. The fourth-order valence-corrected chi connectivity index (χ4v) is 3.70. The first-order valence-corrected chi connectivity index (χ1v) is 9.47. The quantitative estimate of drug-likeness (QED) is 0.756. The fourth-order valence-electron chi connectivity index (χ4n) is 3.70. The highest BCUT2D eigenvalue weighted by molar-refractivity contribution is 5.95. The van der Waals surface area contributed by atoms with Gasteiger partial charge in [0, 0.05) is 17.8 Å². The summed E-state index contributed by atoms with van der Waals surface area (Å²) in [6.45, 7) is 0.516. The second kappa shape index (κ2) is 7.46. The molecule has 2 aromatic carbocycles. The zero-order valence-corrected chi connectivity index (χ0v) is 15.8. The lowest BCUT2D eigenvalue weighted by atomic mass is 9.99. The molecule has 0 radical (unpaired) electrons. The van der Waals surface area contributed by atoms with E-state index < -0.39 is 17.6 Å². The highest BCUT2D eigenvalue weighted by Crippen LogP contribution is 2.42. The second-order valence-electron chi connectivity index (χ2n) is 7.33. The number of ether oxygens (including phenoxy) is 2. The number of benzene rings is 2. The summed E-state index contributed by atoms with van der Waals surface area (Å²) in [7, 11) is 0. The van der Waals surface area contributed by atoms with Crippen LogP contribution in [0.25, 0.3) is 0 Å². The molecule has 1 unspecified atom stereocenters.